The van der Waals surface area contributed by atoms with E-state index in [2.05, 4.69) is 37.3 Å². The average molecular weight is 356 g/mol. The second kappa shape index (κ2) is 18.7. The Bertz CT molecular complexity index is 403. The van der Waals surface area contributed by atoms with Crippen LogP contribution in [0.1, 0.15) is 115 Å². The van der Waals surface area contributed by atoms with Crippen molar-refractivity contribution in [2.45, 2.75) is 116 Å². The summed E-state index contributed by atoms with van der Waals surface area (Å²) in [6, 6.07) is 11.6. The topological polar surface area (TPSA) is 0 Å². The molecule has 0 aliphatic heterocycles. The number of aryl methyl sites for hydroxylation is 1. The standard InChI is InChI=1S/C26H43/c1-2-3-4-5-6-7-8-9-10-11-12-13-14-15-16-17-18-20-23-26-24-21-19-22-25-26/h17-19,21-22,24H,2-16,20,23H2,1H3. The van der Waals surface area contributed by atoms with Crippen molar-refractivity contribution in [1.29, 1.82) is 0 Å². The van der Waals surface area contributed by atoms with Gasteiger partial charge >= 0.3 is 0 Å². The smallest absolute Gasteiger partial charge is 0.0149 e. The molecule has 1 aromatic carbocycles. The van der Waals surface area contributed by atoms with Gasteiger partial charge in [-0.25, -0.2) is 0 Å². The Morgan fingerprint density at radius 1 is 0.654 bits per heavy atom. The summed E-state index contributed by atoms with van der Waals surface area (Å²) in [5, 5.41) is 0. The largest absolute Gasteiger partial charge is 0.0885 e. The van der Waals surface area contributed by atoms with Crippen LogP contribution in [0.5, 0.6) is 0 Å². The molecule has 0 spiro atoms. The van der Waals surface area contributed by atoms with Gasteiger partial charge in [0.2, 0.25) is 0 Å². The molecular formula is C26H43. The van der Waals surface area contributed by atoms with Crippen LogP contribution in [0.4, 0.5) is 0 Å². The molecule has 0 bridgehead atoms. The Balaban J connectivity index is 1.73. The van der Waals surface area contributed by atoms with E-state index in [-0.39, 0.29) is 0 Å². The van der Waals surface area contributed by atoms with Crippen molar-refractivity contribution in [3.05, 3.63) is 48.0 Å². The minimum Gasteiger partial charge on any atom is -0.0885 e. The van der Waals surface area contributed by atoms with E-state index in [0.29, 0.717) is 0 Å². The zero-order valence-corrected chi connectivity index (χ0v) is 17.5. The van der Waals surface area contributed by atoms with E-state index in [1.165, 1.54) is 102 Å². The van der Waals surface area contributed by atoms with Gasteiger partial charge in [0.15, 0.2) is 0 Å². The summed E-state index contributed by atoms with van der Waals surface area (Å²) in [5.41, 5.74) is 1.33. The summed E-state index contributed by atoms with van der Waals surface area (Å²) >= 11 is 0. The molecule has 0 heteroatoms. The predicted molar refractivity (Wildman–Crippen MR) is 118 cm³/mol. The minimum absolute atomic E-state index is 1.12. The quantitative estimate of drug-likeness (QED) is 0.182. The van der Waals surface area contributed by atoms with Crippen molar-refractivity contribution in [1.82, 2.24) is 0 Å². The SMILES string of the molecule is CCCCCCCCCCCCCCCCC=CCCc1[c]cccc1. The number of allylic oxidation sites excluding steroid dienone is 2. The molecule has 0 saturated heterocycles. The summed E-state index contributed by atoms with van der Waals surface area (Å²) in [5.74, 6) is 0. The zero-order chi connectivity index (χ0) is 18.5. The normalized spacial score (nSPS) is 11.4. The van der Waals surface area contributed by atoms with Crippen LogP contribution < -0.4 is 0 Å². The summed E-state index contributed by atoms with van der Waals surface area (Å²) in [6.07, 6.45) is 28.4. The number of rotatable bonds is 18. The fraction of sp³-hybridized carbons (Fsp3) is 0.692. The van der Waals surface area contributed by atoms with Crippen molar-refractivity contribution in [3.63, 3.8) is 0 Å². The Morgan fingerprint density at radius 2 is 1.19 bits per heavy atom. The summed E-state index contributed by atoms with van der Waals surface area (Å²) in [7, 11) is 0. The molecule has 0 aliphatic carbocycles. The van der Waals surface area contributed by atoms with Crippen LogP contribution in [0.15, 0.2) is 36.4 Å². The fourth-order valence-corrected chi connectivity index (χ4v) is 3.52. The Labute approximate surface area is 164 Å². The van der Waals surface area contributed by atoms with Gasteiger partial charge in [0.25, 0.3) is 0 Å². The Hall–Kier alpha value is -1.04. The monoisotopic (exact) mass is 355 g/mol. The van der Waals surface area contributed by atoms with Gasteiger partial charge in [-0.15, -0.1) is 0 Å². The van der Waals surface area contributed by atoms with Crippen molar-refractivity contribution in [2.75, 3.05) is 0 Å². The lowest BCUT2D eigenvalue weighted by molar-refractivity contribution is 0.536. The number of unbranched alkanes of at least 4 members (excludes halogenated alkanes) is 14. The molecule has 0 aliphatic rings. The van der Waals surface area contributed by atoms with Crippen LogP contribution in [-0.2, 0) is 6.42 Å². The van der Waals surface area contributed by atoms with Crippen LogP contribution in [0.3, 0.4) is 0 Å². The van der Waals surface area contributed by atoms with Crippen molar-refractivity contribution in [2.24, 2.45) is 0 Å². The van der Waals surface area contributed by atoms with Crippen molar-refractivity contribution >= 4 is 0 Å². The summed E-state index contributed by atoms with van der Waals surface area (Å²) in [4.78, 5) is 0. The lowest BCUT2D eigenvalue weighted by atomic mass is 10.0. The minimum atomic E-state index is 1.12. The fourth-order valence-electron chi connectivity index (χ4n) is 3.52. The molecule has 0 heterocycles. The first-order valence-electron chi connectivity index (χ1n) is 11.5. The number of benzene rings is 1. The third kappa shape index (κ3) is 15.2. The average Bonchev–Trinajstić information content (AvgIpc) is 2.68. The van der Waals surface area contributed by atoms with Gasteiger partial charge in [-0.1, -0.05) is 127 Å². The molecule has 0 N–H and O–H groups in total. The molecule has 147 valence electrons. The first-order chi connectivity index (χ1) is 12.9. The molecule has 0 fully saturated rings. The second-order valence-corrected chi connectivity index (χ2v) is 7.78. The highest BCUT2D eigenvalue weighted by Gasteiger charge is 1.94. The number of hydrogen-bond acceptors (Lipinski definition) is 0. The first-order valence-corrected chi connectivity index (χ1v) is 11.5. The zero-order valence-electron chi connectivity index (χ0n) is 17.5. The lowest BCUT2D eigenvalue weighted by Gasteiger charge is -2.02. The maximum atomic E-state index is 3.29. The van der Waals surface area contributed by atoms with Crippen LogP contribution >= 0.6 is 0 Å². The molecule has 26 heavy (non-hydrogen) atoms. The van der Waals surface area contributed by atoms with E-state index in [0.717, 1.165) is 12.8 Å². The van der Waals surface area contributed by atoms with Gasteiger partial charge in [0.1, 0.15) is 0 Å². The predicted octanol–water partition coefficient (Wildman–Crippen LogP) is 8.85. The highest BCUT2D eigenvalue weighted by molar-refractivity contribution is 5.13. The molecule has 0 atom stereocenters. The molecule has 0 saturated carbocycles. The second-order valence-electron chi connectivity index (χ2n) is 7.78. The van der Waals surface area contributed by atoms with Gasteiger partial charge in [-0.3, -0.25) is 0 Å². The molecular weight excluding hydrogens is 312 g/mol. The van der Waals surface area contributed by atoms with Crippen molar-refractivity contribution < 1.29 is 0 Å². The molecule has 0 aromatic heterocycles. The summed E-state index contributed by atoms with van der Waals surface area (Å²) < 4.78 is 0. The van der Waals surface area contributed by atoms with Gasteiger partial charge < -0.3 is 0 Å². The van der Waals surface area contributed by atoms with Crippen LogP contribution in [0.2, 0.25) is 0 Å². The lowest BCUT2D eigenvalue weighted by Crippen LogP contribution is -1.83. The maximum Gasteiger partial charge on any atom is -0.0149 e. The van der Waals surface area contributed by atoms with Gasteiger partial charge in [-0.05, 0) is 37.3 Å². The van der Waals surface area contributed by atoms with Gasteiger partial charge in [0.05, 0.1) is 0 Å². The molecule has 1 rings (SSSR count). The van der Waals surface area contributed by atoms with Gasteiger partial charge in [0, 0.05) is 0 Å². The van der Waals surface area contributed by atoms with Crippen LogP contribution in [-0.4, -0.2) is 0 Å². The van der Waals surface area contributed by atoms with E-state index >= 15 is 0 Å². The molecule has 0 nitrogen and oxygen atoms in total. The first kappa shape index (κ1) is 23.0. The van der Waals surface area contributed by atoms with E-state index in [4.69, 9.17) is 0 Å². The summed E-state index contributed by atoms with van der Waals surface area (Å²) in [6.45, 7) is 2.29. The number of hydrogen-bond donors (Lipinski definition) is 0. The van der Waals surface area contributed by atoms with E-state index in [1.807, 2.05) is 12.1 Å². The molecule has 1 aromatic rings. The van der Waals surface area contributed by atoms with Crippen LogP contribution in [0.25, 0.3) is 0 Å². The van der Waals surface area contributed by atoms with E-state index in [9.17, 15) is 0 Å². The third-order valence-electron chi connectivity index (χ3n) is 5.24. The van der Waals surface area contributed by atoms with Gasteiger partial charge in [-0.2, -0.15) is 0 Å². The van der Waals surface area contributed by atoms with E-state index in [1.54, 1.807) is 0 Å². The van der Waals surface area contributed by atoms with E-state index < -0.39 is 0 Å². The third-order valence-corrected chi connectivity index (χ3v) is 5.24. The highest BCUT2D eigenvalue weighted by Crippen LogP contribution is 2.13. The molecule has 1 radical (unpaired) electrons. The molecule has 0 unspecified atom stereocenters. The maximum absolute atomic E-state index is 3.29. The molecule has 0 amide bonds. The van der Waals surface area contributed by atoms with Crippen molar-refractivity contribution in [3.8, 4) is 0 Å². The highest BCUT2D eigenvalue weighted by atomic mass is 14.0. The Morgan fingerprint density at radius 3 is 1.73 bits per heavy atom. The van der Waals surface area contributed by atoms with Crippen LogP contribution in [0, 0.1) is 6.07 Å². The Kier molecular flexibility index (Phi) is 16.6.